The minimum Gasteiger partial charge on any atom is -0.372 e. The molecule has 5 nitrogen and oxygen atoms in total. The van der Waals surface area contributed by atoms with E-state index in [-0.39, 0.29) is 12.5 Å². The van der Waals surface area contributed by atoms with E-state index in [2.05, 4.69) is 10.4 Å². The van der Waals surface area contributed by atoms with Crippen LogP contribution >= 0.6 is 0 Å². The molecule has 1 aromatic heterocycles. The Balaban J connectivity index is 1.78. The number of hydrogen-bond donors (Lipinski definition) is 1. The Morgan fingerprint density at radius 1 is 1.35 bits per heavy atom. The largest absolute Gasteiger partial charge is 0.372 e. The van der Waals surface area contributed by atoms with Gasteiger partial charge in [-0.05, 0) is 37.1 Å². The molecule has 1 heterocycles. The highest BCUT2D eigenvalue weighted by Crippen LogP contribution is 2.08. The van der Waals surface area contributed by atoms with Gasteiger partial charge in [0.2, 0.25) is 5.91 Å². The van der Waals surface area contributed by atoms with Crippen LogP contribution in [0.4, 0.5) is 0 Å². The molecule has 0 bridgehead atoms. The first-order valence-corrected chi connectivity index (χ1v) is 6.73. The summed E-state index contributed by atoms with van der Waals surface area (Å²) in [5.41, 5.74) is 2.21. The third-order valence-electron chi connectivity index (χ3n) is 2.88. The van der Waals surface area contributed by atoms with Gasteiger partial charge < -0.3 is 10.1 Å². The zero-order valence-corrected chi connectivity index (χ0v) is 11.6. The van der Waals surface area contributed by atoms with Crippen molar-refractivity contribution in [3.63, 3.8) is 0 Å². The van der Waals surface area contributed by atoms with Crippen molar-refractivity contribution in [1.29, 1.82) is 0 Å². The number of amides is 1. The molecule has 1 aromatic carbocycles. The third kappa shape index (κ3) is 4.20. The first kappa shape index (κ1) is 14.3. The number of nitrogens with zero attached hydrogens (tertiary/aromatic N) is 2. The number of nitrogens with one attached hydrogen (secondary N) is 1. The van der Waals surface area contributed by atoms with E-state index in [9.17, 15) is 4.79 Å². The van der Waals surface area contributed by atoms with Crippen LogP contribution in [0.15, 0.2) is 42.7 Å². The van der Waals surface area contributed by atoms with Gasteiger partial charge in [0.1, 0.15) is 6.61 Å². The predicted molar refractivity (Wildman–Crippen MR) is 76.8 cm³/mol. The van der Waals surface area contributed by atoms with Crippen molar-refractivity contribution < 1.29 is 9.53 Å². The van der Waals surface area contributed by atoms with Crippen molar-refractivity contribution in [2.24, 2.45) is 0 Å². The monoisotopic (exact) mass is 273 g/mol. The average molecular weight is 273 g/mol. The van der Waals surface area contributed by atoms with Gasteiger partial charge in [0.15, 0.2) is 0 Å². The first-order valence-electron chi connectivity index (χ1n) is 6.73. The molecule has 0 unspecified atom stereocenters. The van der Waals surface area contributed by atoms with Crippen LogP contribution in [0.3, 0.4) is 0 Å². The topological polar surface area (TPSA) is 56.1 Å². The Labute approximate surface area is 118 Å². The molecule has 0 aliphatic carbocycles. The average Bonchev–Trinajstić information content (AvgIpc) is 3.00. The lowest BCUT2D eigenvalue weighted by molar-refractivity contribution is -0.125. The number of carbonyl (C=O) groups is 1. The van der Waals surface area contributed by atoms with E-state index in [0.717, 1.165) is 12.1 Å². The van der Waals surface area contributed by atoms with Crippen molar-refractivity contribution >= 4 is 5.91 Å². The molecule has 2 aromatic rings. The van der Waals surface area contributed by atoms with Gasteiger partial charge >= 0.3 is 0 Å². The van der Waals surface area contributed by atoms with Crippen molar-refractivity contribution in [3.8, 4) is 5.69 Å². The van der Waals surface area contributed by atoms with E-state index in [1.807, 2.05) is 48.1 Å². The maximum absolute atomic E-state index is 11.4. The molecule has 106 valence electrons. The van der Waals surface area contributed by atoms with Crippen LogP contribution in [0.2, 0.25) is 0 Å². The summed E-state index contributed by atoms with van der Waals surface area (Å²) in [6.07, 6.45) is 4.46. The maximum Gasteiger partial charge on any atom is 0.246 e. The molecule has 0 saturated carbocycles. The Hall–Kier alpha value is -2.14. The van der Waals surface area contributed by atoms with Crippen LogP contribution in [0.1, 0.15) is 12.5 Å². The summed E-state index contributed by atoms with van der Waals surface area (Å²) in [5, 5.41) is 7.00. The molecule has 20 heavy (non-hydrogen) atoms. The molecule has 1 amide bonds. The fraction of sp³-hybridized carbons (Fsp3) is 0.333. The fourth-order valence-electron chi connectivity index (χ4n) is 1.83. The summed E-state index contributed by atoms with van der Waals surface area (Å²) in [5.74, 6) is -0.0694. The van der Waals surface area contributed by atoms with E-state index in [0.29, 0.717) is 13.2 Å². The quantitative estimate of drug-likeness (QED) is 0.833. The Kier molecular flexibility index (Phi) is 5.32. The van der Waals surface area contributed by atoms with Crippen LogP contribution in [0, 0.1) is 0 Å². The zero-order valence-electron chi connectivity index (χ0n) is 11.6. The van der Waals surface area contributed by atoms with Crippen molar-refractivity contribution in [2.45, 2.75) is 13.3 Å². The van der Waals surface area contributed by atoms with Crippen LogP contribution in [-0.4, -0.2) is 35.4 Å². The standard InChI is InChI=1S/C15H19N3O2/c1-2-20-12-15(19)16-10-8-13-4-6-14(7-5-13)18-11-3-9-17-18/h3-7,9,11H,2,8,10,12H2,1H3,(H,16,19). The molecule has 5 heteroatoms. The summed E-state index contributed by atoms with van der Waals surface area (Å²) in [4.78, 5) is 11.4. The summed E-state index contributed by atoms with van der Waals surface area (Å²) in [6.45, 7) is 3.18. The normalized spacial score (nSPS) is 10.4. The second-order valence-corrected chi connectivity index (χ2v) is 4.35. The van der Waals surface area contributed by atoms with Crippen LogP contribution in [-0.2, 0) is 16.0 Å². The number of aromatic nitrogens is 2. The highest BCUT2D eigenvalue weighted by atomic mass is 16.5. The number of carbonyl (C=O) groups excluding carboxylic acids is 1. The molecular weight excluding hydrogens is 254 g/mol. The summed E-state index contributed by atoms with van der Waals surface area (Å²) in [6, 6.07) is 10.0. The molecule has 0 radical (unpaired) electrons. The lowest BCUT2D eigenvalue weighted by Crippen LogP contribution is -2.29. The molecule has 0 fully saturated rings. The Morgan fingerprint density at radius 3 is 2.80 bits per heavy atom. The lowest BCUT2D eigenvalue weighted by atomic mass is 10.1. The molecule has 0 atom stereocenters. The van der Waals surface area contributed by atoms with E-state index < -0.39 is 0 Å². The Morgan fingerprint density at radius 2 is 2.15 bits per heavy atom. The van der Waals surface area contributed by atoms with E-state index in [1.165, 1.54) is 5.56 Å². The fourth-order valence-corrected chi connectivity index (χ4v) is 1.83. The predicted octanol–water partition coefficient (Wildman–Crippen LogP) is 1.57. The summed E-state index contributed by atoms with van der Waals surface area (Å²) < 4.78 is 6.85. The highest BCUT2D eigenvalue weighted by molar-refractivity contribution is 5.77. The minimum atomic E-state index is -0.0694. The molecule has 0 saturated heterocycles. The van der Waals surface area contributed by atoms with Crippen LogP contribution in [0.5, 0.6) is 0 Å². The van der Waals surface area contributed by atoms with Gasteiger partial charge in [-0.2, -0.15) is 5.10 Å². The van der Waals surface area contributed by atoms with Gasteiger partial charge in [-0.1, -0.05) is 12.1 Å². The van der Waals surface area contributed by atoms with Crippen LogP contribution < -0.4 is 5.32 Å². The van der Waals surface area contributed by atoms with Crippen molar-refractivity contribution in [1.82, 2.24) is 15.1 Å². The van der Waals surface area contributed by atoms with Crippen molar-refractivity contribution in [3.05, 3.63) is 48.3 Å². The van der Waals surface area contributed by atoms with Crippen LogP contribution in [0.25, 0.3) is 5.69 Å². The second kappa shape index (κ2) is 7.45. The number of hydrogen-bond acceptors (Lipinski definition) is 3. The highest BCUT2D eigenvalue weighted by Gasteiger charge is 2.01. The van der Waals surface area contributed by atoms with E-state index in [4.69, 9.17) is 4.74 Å². The van der Waals surface area contributed by atoms with E-state index in [1.54, 1.807) is 6.20 Å². The van der Waals surface area contributed by atoms with Gasteiger partial charge in [-0.25, -0.2) is 4.68 Å². The smallest absolute Gasteiger partial charge is 0.246 e. The molecule has 0 spiro atoms. The number of benzene rings is 1. The van der Waals surface area contributed by atoms with Gasteiger partial charge in [-0.3, -0.25) is 4.79 Å². The zero-order chi connectivity index (χ0) is 14.2. The van der Waals surface area contributed by atoms with Crippen molar-refractivity contribution in [2.75, 3.05) is 19.8 Å². The molecular formula is C15H19N3O2. The first-order chi connectivity index (χ1) is 9.79. The van der Waals surface area contributed by atoms with E-state index >= 15 is 0 Å². The SMILES string of the molecule is CCOCC(=O)NCCc1ccc(-n2cccn2)cc1. The van der Waals surface area contributed by atoms with Gasteiger partial charge in [-0.15, -0.1) is 0 Å². The summed E-state index contributed by atoms with van der Waals surface area (Å²) >= 11 is 0. The molecule has 1 N–H and O–H groups in total. The number of rotatable bonds is 7. The molecule has 2 rings (SSSR count). The van der Waals surface area contributed by atoms with Gasteiger partial charge in [0, 0.05) is 25.5 Å². The molecule has 0 aliphatic heterocycles. The number of ether oxygens (including phenoxy) is 1. The molecule has 0 aliphatic rings. The lowest BCUT2D eigenvalue weighted by Gasteiger charge is -2.06. The van der Waals surface area contributed by atoms with Gasteiger partial charge in [0.05, 0.1) is 5.69 Å². The minimum absolute atomic E-state index is 0.0694. The maximum atomic E-state index is 11.4. The second-order valence-electron chi connectivity index (χ2n) is 4.35. The summed E-state index contributed by atoms with van der Waals surface area (Å²) in [7, 11) is 0. The Bertz CT molecular complexity index is 521. The third-order valence-corrected chi connectivity index (χ3v) is 2.88. The van der Waals surface area contributed by atoms with Gasteiger partial charge in [0.25, 0.3) is 0 Å².